The Morgan fingerprint density at radius 3 is 3.00 bits per heavy atom. The monoisotopic (exact) mass is 239 g/mol. The van der Waals surface area contributed by atoms with Gasteiger partial charge in [-0.25, -0.2) is 4.39 Å². The molecule has 0 radical (unpaired) electrons. The third kappa shape index (κ3) is 2.96. The lowest BCUT2D eigenvalue weighted by molar-refractivity contribution is 0.136. The predicted molar refractivity (Wildman–Crippen MR) is 63.7 cm³/mol. The first-order valence-corrected chi connectivity index (χ1v) is 5.94. The van der Waals surface area contributed by atoms with Crippen LogP contribution in [0.5, 0.6) is 5.75 Å². The van der Waals surface area contributed by atoms with E-state index in [0.717, 1.165) is 24.9 Å². The molecule has 0 amide bonds. The fourth-order valence-corrected chi connectivity index (χ4v) is 2.26. The molecule has 1 aromatic rings. The Balaban J connectivity index is 2.00. The van der Waals surface area contributed by atoms with E-state index >= 15 is 0 Å². The molecule has 2 rings (SSSR count). The molecule has 17 heavy (non-hydrogen) atoms. The van der Waals surface area contributed by atoms with Crippen molar-refractivity contribution < 1.29 is 14.2 Å². The highest BCUT2D eigenvalue weighted by Crippen LogP contribution is 2.20. The summed E-state index contributed by atoms with van der Waals surface area (Å²) in [4.78, 5) is 0. The summed E-state index contributed by atoms with van der Waals surface area (Å²) < 4.78 is 18.3. The maximum Gasteiger partial charge on any atom is 0.165 e. The molecule has 1 aromatic carbocycles. The minimum atomic E-state index is -0.453. The summed E-state index contributed by atoms with van der Waals surface area (Å²) in [6.45, 7) is 0.957. The molecule has 94 valence electrons. The first kappa shape index (κ1) is 12.3. The van der Waals surface area contributed by atoms with Gasteiger partial charge in [0.25, 0.3) is 0 Å². The number of halogens is 1. The highest BCUT2D eigenvalue weighted by molar-refractivity contribution is 5.29. The molecule has 1 heterocycles. The fraction of sp³-hybridized carbons (Fsp3) is 0.538. The lowest BCUT2D eigenvalue weighted by atomic mass is 10.0. The fourth-order valence-electron chi connectivity index (χ4n) is 2.26. The Morgan fingerprint density at radius 1 is 1.59 bits per heavy atom. The van der Waals surface area contributed by atoms with Gasteiger partial charge in [-0.2, -0.15) is 0 Å². The van der Waals surface area contributed by atoms with Crippen molar-refractivity contribution in [3.05, 3.63) is 29.6 Å². The second-order valence-electron chi connectivity index (χ2n) is 4.44. The van der Waals surface area contributed by atoms with Crippen LogP contribution in [0.1, 0.15) is 18.4 Å². The van der Waals surface area contributed by atoms with E-state index in [4.69, 9.17) is 4.74 Å². The van der Waals surface area contributed by atoms with Crippen molar-refractivity contribution in [2.75, 3.05) is 13.7 Å². The Bertz CT molecular complexity index is 378. The molecule has 4 heteroatoms. The minimum absolute atomic E-state index is 0.139. The molecule has 2 unspecified atom stereocenters. The number of ether oxygens (including phenoxy) is 1. The number of aliphatic hydroxyl groups is 1. The zero-order chi connectivity index (χ0) is 12.3. The number of rotatable bonds is 4. The van der Waals surface area contributed by atoms with Crippen molar-refractivity contribution in [1.82, 2.24) is 5.32 Å². The summed E-state index contributed by atoms with van der Waals surface area (Å²) >= 11 is 0. The Hall–Kier alpha value is -1.13. The molecule has 1 saturated heterocycles. The van der Waals surface area contributed by atoms with Gasteiger partial charge in [0.15, 0.2) is 11.6 Å². The van der Waals surface area contributed by atoms with E-state index in [-0.39, 0.29) is 17.6 Å². The molecular formula is C13H18FNO2. The minimum Gasteiger partial charge on any atom is -0.494 e. The van der Waals surface area contributed by atoms with E-state index < -0.39 is 6.10 Å². The summed E-state index contributed by atoms with van der Waals surface area (Å²) in [5.41, 5.74) is 0.796. The van der Waals surface area contributed by atoms with Crippen molar-refractivity contribution in [3.63, 3.8) is 0 Å². The number of hydrogen-bond donors (Lipinski definition) is 2. The van der Waals surface area contributed by atoms with Crippen LogP contribution >= 0.6 is 0 Å². The SMILES string of the molecule is COc1ccc(CC(O)C2CCCN2)cc1F. The molecular weight excluding hydrogens is 221 g/mol. The Labute approximate surface area is 101 Å². The van der Waals surface area contributed by atoms with Crippen molar-refractivity contribution in [3.8, 4) is 5.75 Å². The van der Waals surface area contributed by atoms with Crippen LogP contribution in [0.4, 0.5) is 4.39 Å². The van der Waals surface area contributed by atoms with Gasteiger partial charge in [0.2, 0.25) is 0 Å². The Morgan fingerprint density at radius 2 is 2.41 bits per heavy atom. The van der Waals surface area contributed by atoms with E-state index in [1.807, 2.05) is 0 Å². The smallest absolute Gasteiger partial charge is 0.165 e. The van der Waals surface area contributed by atoms with Crippen molar-refractivity contribution >= 4 is 0 Å². The van der Waals surface area contributed by atoms with Gasteiger partial charge < -0.3 is 15.2 Å². The van der Waals surface area contributed by atoms with E-state index in [2.05, 4.69) is 5.32 Å². The molecule has 0 bridgehead atoms. The van der Waals surface area contributed by atoms with Crippen LogP contribution in [0.2, 0.25) is 0 Å². The summed E-state index contributed by atoms with van der Waals surface area (Å²) in [6, 6.07) is 4.96. The van der Waals surface area contributed by atoms with Crippen LogP contribution in [0, 0.1) is 5.82 Å². The van der Waals surface area contributed by atoms with Gasteiger partial charge in [-0.15, -0.1) is 0 Å². The maximum absolute atomic E-state index is 13.5. The maximum atomic E-state index is 13.5. The topological polar surface area (TPSA) is 41.5 Å². The van der Waals surface area contributed by atoms with E-state index in [1.165, 1.54) is 13.2 Å². The van der Waals surface area contributed by atoms with Gasteiger partial charge in [-0.3, -0.25) is 0 Å². The van der Waals surface area contributed by atoms with Gasteiger partial charge in [-0.1, -0.05) is 6.07 Å². The van der Waals surface area contributed by atoms with Gasteiger partial charge in [0.05, 0.1) is 13.2 Å². The van der Waals surface area contributed by atoms with Crippen LogP contribution in [-0.4, -0.2) is 30.9 Å². The number of nitrogens with one attached hydrogen (secondary N) is 1. The quantitative estimate of drug-likeness (QED) is 0.836. The predicted octanol–water partition coefficient (Wildman–Crippen LogP) is 1.49. The highest BCUT2D eigenvalue weighted by atomic mass is 19.1. The van der Waals surface area contributed by atoms with E-state index in [0.29, 0.717) is 6.42 Å². The molecule has 0 aromatic heterocycles. The zero-order valence-corrected chi connectivity index (χ0v) is 9.95. The zero-order valence-electron chi connectivity index (χ0n) is 9.95. The molecule has 1 aliphatic rings. The van der Waals surface area contributed by atoms with E-state index in [1.54, 1.807) is 12.1 Å². The molecule has 0 spiro atoms. The van der Waals surface area contributed by atoms with E-state index in [9.17, 15) is 9.50 Å². The highest BCUT2D eigenvalue weighted by Gasteiger charge is 2.22. The van der Waals surface area contributed by atoms with Crippen LogP contribution in [0.25, 0.3) is 0 Å². The molecule has 2 N–H and O–H groups in total. The van der Waals surface area contributed by atoms with Crippen LogP contribution in [-0.2, 0) is 6.42 Å². The summed E-state index contributed by atoms with van der Waals surface area (Å²) in [7, 11) is 1.44. The molecule has 1 fully saturated rings. The summed E-state index contributed by atoms with van der Waals surface area (Å²) in [5, 5.41) is 13.2. The summed E-state index contributed by atoms with van der Waals surface area (Å²) in [5.74, 6) is -0.140. The Kier molecular flexibility index (Phi) is 3.97. The number of aliphatic hydroxyl groups excluding tert-OH is 1. The molecule has 0 saturated carbocycles. The lowest BCUT2D eigenvalue weighted by Crippen LogP contribution is -2.36. The summed E-state index contributed by atoms with van der Waals surface area (Å²) in [6.07, 6.45) is 2.10. The number of benzene rings is 1. The third-order valence-electron chi connectivity index (χ3n) is 3.22. The van der Waals surface area contributed by atoms with Crippen molar-refractivity contribution in [2.45, 2.75) is 31.4 Å². The first-order chi connectivity index (χ1) is 8.20. The molecule has 3 nitrogen and oxygen atoms in total. The second-order valence-corrected chi connectivity index (χ2v) is 4.44. The van der Waals surface area contributed by atoms with Gasteiger partial charge >= 0.3 is 0 Å². The molecule has 1 aliphatic heterocycles. The van der Waals surface area contributed by atoms with Crippen LogP contribution < -0.4 is 10.1 Å². The first-order valence-electron chi connectivity index (χ1n) is 5.94. The van der Waals surface area contributed by atoms with Crippen molar-refractivity contribution in [2.24, 2.45) is 0 Å². The average Bonchev–Trinajstić information content (AvgIpc) is 2.82. The van der Waals surface area contributed by atoms with Crippen LogP contribution in [0.3, 0.4) is 0 Å². The molecule has 0 aliphatic carbocycles. The largest absolute Gasteiger partial charge is 0.494 e. The van der Waals surface area contributed by atoms with Gasteiger partial charge in [-0.05, 0) is 43.5 Å². The second kappa shape index (κ2) is 5.47. The third-order valence-corrected chi connectivity index (χ3v) is 3.22. The standard InChI is InChI=1S/C13H18FNO2/c1-17-13-5-4-9(7-10(13)14)8-12(16)11-3-2-6-15-11/h4-5,7,11-12,15-16H,2-3,6,8H2,1H3. The average molecular weight is 239 g/mol. The number of hydrogen-bond acceptors (Lipinski definition) is 3. The van der Waals surface area contributed by atoms with Crippen molar-refractivity contribution in [1.29, 1.82) is 0 Å². The molecule has 2 atom stereocenters. The van der Waals surface area contributed by atoms with Gasteiger partial charge in [0, 0.05) is 6.04 Å². The lowest BCUT2D eigenvalue weighted by Gasteiger charge is -2.18. The van der Waals surface area contributed by atoms with Gasteiger partial charge in [0.1, 0.15) is 0 Å². The normalized spacial score (nSPS) is 21.5. The van der Waals surface area contributed by atoms with Crippen LogP contribution in [0.15, 0.2) is 18.2 Å². The number of methoxy groups -OCH3 is 1.